The topological polar surface area (TPSA) is 29.3 Å². The van der Waals surface area contributed by atoms with E-state index < -0.39 is 0 Å². The van der Waals surface area contributed by atoms with Gasteiger partial charge < -0.3 is 5.73 Å². The van der Waals surface area contributed by atoms with E-state index in [0.29, 0.717) is 18.2 Å². The van der Waals surface area contributed by atoms with Crippen LogP contribution in [0.4, 0.5) is 4.39 Å². The highest BCUT2D eigenvalue weighted by molar-refractivity contribution is 7.98. The number of halogens is 1. The zero-order valence-corrected chi connectivity index (χ0v) is 12.2. The summed E-state index contributed by atoms with van der Waals surface area (Å²) in [5, 5.41) is 0. The number of benzene rings is 1. The lowest BCUT2D eigenvalue weighted by Crippen LogP contribution is -2.37. The van der Waals surface area contributed by atoms with Gasteiger partial charge in [-0.15, -0.1) is 0 Å². The van der Waals surface area contributed by atoms with Crippen molar-refractivity contribution in [2.24, 2.45) is 5.73 Å². The SMILES string of the molecule is CSCCC(C)N(C)C(CN)c1ccccc1F. The summed E-state index contributed by atoms with van der Waals surface area (Å²) in [5.41, 5.74) is 6.52. The van der Waals surface area contributed by atoms with Crippen molar-refractivity contribution >= 4 is 11.8 Å². The van der Waals surface area contributed by atoms with Crippen LogP contribution < -0.4 is 5.73 Å². The summed E-state index contributed by atoms with van der Waals surface area (Å²) in [5.74, 6) is 0.942. The molecule has 102 valence electrons. The smallest absolute Gasteiger partial charge is 0.128 e. The fraction of sp³-hybridized carbons (Fsp3) is 0.571. The molecule has 0 saturated heterocycles. The van der Waals surface area contributed by atoms with E-state index in [-0.39, 0.29) is 11.9 Å². The van der Waals surface area contributed by atoms with Crippen molar-refractivity contribution in [2.75, 3.05) is 25.6 Å². The summed E-state index contributed by atoms with van der Waals surface area (Å²) in [4.78, 5) is 2.18. The molecule has 2 nitrogen and oxygen atoms in total. The standard InChI is InChI=1S/C14H23FN2S/c1-11(8-9-18-3)17(2)14(10-16)12-6-4-5-7-13(12)15/h4-7,11,14H,8-10,16H2,1-3H3. The second-order valence-corrected chi connectivity index (χ2v) is 5.55. The van der Waals surface area contributed by atoms with Gasteiger partial charge in [-0.1, -0.05) is 18.2 Å². The lowest BCUT2D eigenvalue weighted by atomic mass is 10.0. The number of thioether (sulfide) groups is 1. The van der Waals surface area contributed by atoms with Gasteiger partial charge >= 0.3 is 0 Å². The molecule has 4 heteroatoms. The number of hydrogen-bond donors (Lipinski definition) is 1. The first-order chi connectivity index (χ1) is 8.61. The van der Waals surface area contributed by atoms with Gasteiger partial charge in [0, 0.05) is 24.2 Å². The normalized spacial score (nSPS) is 14.8. The van der Waals surface area contributed by atoms with Crippen LogP contribution in [0, 0.1) is 5.82 Å². The second-order valence-electron chi connectivity index (χ2n) is 4.57. The van der Waals surface area contributed by atoms with E-state index in [1.807, 2.05) is 30.9 Å². The van der Waals surface area contributed by atoms with Crippen LogP contribution in [0.1, 0.15) is 24.9 Å². The number of hydrogen-bond acceptors (Lipinski definition) is 3. The van der Waals surface area contributed by atoms with Gasteiger partial charge in [0.1, 0.15) is 5.82 Å². The molecule has 2 atom stereocenters. The predicted octanol–water partition coefficient (Wildman–Crippen LogP) is 2.90. The lowest BCUT2D eigenvalue weighted by molar-refractivity contribution is 0.182. The van der Waals surface area contributed by atoms with E-state index in [9.17, 15) is 4.39 Å². The van der Waals surface area contributed by atoms with E-state index in [1.54, 1.807) is 6.07 Å². The fourth-order valence-corrected chi connectivity index (χ4v) is 2.63. The Kier molecular flexibility index (Phi) is 6.68. The van der Waals surface area contributed by atoms with Gasteiger partial charge in [0.2, 0.25) is 0 Å². The molecule has 0 spiro atoms. The quantitative estimate of drug-likeness (QED) is 0.826. The molecule has 1 rings (SSSR count). The van der Waals surface area contributed by atoms with Crippen molar-refractivity contribution < 1.29 is 4.39 Å². The molecule has 0 aliphatic rings. The largest absolute Gasteiger partial charge is 0.329 e. The van der Waals surface area contributed by atoms with Crippen LogP contribution >= 0.6 is 11.8 Å². The molecule has 0 aromatic heterocycles. The van der Waals surface area contributed by atoms with Crippen molar-refractivity contribution in [1.82, 2.24) is 4.90 Å². The van der Waals surface area contributed by atoms with Crippen LogP contribution in [0.15, 0.2) is 24.3 Å². The summed E-state index contributed by atoms with van der Waals surface area (Å²) in [6.07, 6.45) is 3.19. The Morgan fingerprint density at radius 3 is 2.61 bits per heavy atom. The van der Waals surface area contributed by atoms with Crippen molar-refractivity contribution in [3.8, 4) is 0 Å². The number of nitrogens with two attached hydrogens (primary N) is 1. The third-order valence-electron chi connectivity index (χ3n) is 3.41. The van der Waals surface area contributed by atoms with Crippen molar-refractivity contribution in [1.29, 1.82) is 0 Å². The Hall–Kier alpha value is -0.580. The third-order valence-corrected chi connectivity index (χ3v) is 4.06. The monoisotopic (exact) mass is 270 g/mol. The minimum Gasteiger partial charge on any atom is -0.329 e. The molecule has 0 radical (unpaired) electrons. The molecule has 18 heavy (non-hydrogen) atoms. The van der Waals surface area contributed by atoms with E-state index >= 15 is 0 Å². The van der Waals surface area contributed by atoms with Gasteiger partial charge in [0.15, 0.2) is 0 Å². The first-order valence-electron chi connectivity index (χ1n) is 6.27. The Balaban J connectivity index is 2.80. The maximum atomic E-state index is 13.8. The summed E-state index contributed by atoms with van der Waals surface area (Å²) in [7, 11) is 2.02. The van der Waals surface area contributed by atoms with Crippen molar-refractivity contribution in [3.05, 3.63) is 35.6 Å². The van der Waals surface area contributed by atoms with Gasteiger partial charge in [-0.3, -0.25) is 4.90 Å². The summed E-state index contributed by atoms with van der Waals surface area (Å²) >= 11 is 1.83. The lowest BCUT2D eigenvalue weighted by Gasteiger charge is -2.33. The number of likely N-dealkylation sites (N-methyl/N-ethyl adjacent to an activating group) is 1. The maximum absolute atomic E-state index is 13.8. The number of rotatable bonds is 7. The van der Waals surface area contributed by atoms with Gasteiger partial charge in [-0.25, -0.2) is 4.39 Å². The Morgan fingerprint density at radius 2 is 2.06 bits per heavy atom. The molecule has 0 bridgehead atoms. The van der Waals surface area contributed by atoms with Crippen LogP contribution in [0.5, 0.6) is 0 Å². The average molecular weight is 270 g/mol. The Morgan fingerprint density at radius 1 is 1.39 bits per heavy atom. The maximum Gasteiger partial charge on any atom is 0.128 e. The van der Waals surface area contributed by atoms with Gasteiger partial charge in [0.25, 0.3) is 0 Å². The number of nitrogens with zero attached hydrogens (tertiary/aromatic N) is 1. The van der Waals surface area contributed by atoms with Crippen LogP contribution in [0.25, 0.3) is 0 Å². The Labute approximate surface area is 114 Å². The molecule has 0 aliphatic carbocycles. The van der Waals surface area contributed by atoms with Gasteiger partial charge in [-0.2, -0.15) is 11.8 Å². The average Bonchev–Trinajstić information content (AvgIpc) is 2.38. The van der Waals surface area contributed by atoms with Crippen LogP contribution in [0.2, 0.25) is 0 Å². The molecule has 0 saturated carbocycles. The molecule has 0 heterocycles. The first kappa shape index (κ1) is 15.5. The molecule has 2 N–H and O–H groups in total. The van der Waals surface area contributed by atoms with Gasteiger partial charge in [-0.05, 0) is 38.5 Å². The van der Waals surface area contributed by atoms with Crippen LogP contribution in [0.3, 0.4) is 0 Å². The van der Waals surface area contributed by atoms with Gasteiger partial charge in [0.05, 0.1) is 0 Å². The second kappa shape index (κ2) is 7.77. The molecule has 2 unspecified atom stereocenters. The van der Waals surface area contributed by atoms with E-state index in [0.717, 1.165) is 12.2 Å². The minimum absolute atomic E-state index is 0.0527. The zero-order valence-electron chi connectivity index (χ0n) is 11.4. The molecule has 0 fully saturated rings. The molecule has 0 amide bonds. The van der Waals surface area contributed by atoms with Crippen molar-refractivity contribution in [3.63, 3.8) is 0 Å². The van der Waals surface area contributed by atoms with Crippen molar-refractivity contribution in [2.45, 2.75) is 25.4 Å². The zero-order chi connectivity index (χ0) is 13.5. The molecule has 1 aromatic carbocycles. The highest BCUT2D eigenvalue weighted by atomic mass is 32.2. The predicted molar refractivity (Wildman–Crippen MR) is 78.4 cm³/mol. The van der Waals surface area contributed by atoms with Crippen LogP contribution in [-0.2, 0) is 0 Å². The minimum atomic E-state index is -0.170. The highest BCUT2D eigenvalue weighted by Gasteiger charge is 2.22. The third kappa shape index (κ3) is 3.97. The summed E-state index contributed by atoms with van der Waals surface area (Å²) < 4.78 is 13.8. The fourth-order valence-electron chi connectivity index (χ4n) is 2.06. The van der Waals surface area contributed by atoms with E-state index in [4.69, 9.17) is 5.73 Å². The summed E-state index contributed by atoms with van der Waals surface area (Å²) in [6.45, 7) is 2.60. The first-order valence-corrected chi connectivity index (χ1v) is 7.66. The molecular weight excluding hydrogens is 247 g/mol. The summed E-state index contributed by atoms with van der Waals surface area (Å²) in [6, 6.07) is 7.24. The van der Waals surface area contributed by atoms with Crippen LogP contribution in [-0.4, -0.2) is 36.5 Å². The van der Waals surface area contributed by atoms with E-state index in [1.165, 1.54) is 6.07 Å². The molecule has 1 aromatic rings. The highest BCUT2D eigenvalue weighted by Crippen LogP contribution is 2.24. The Bertz CT molecular complexity index is 359. The van der Waals surface area contributed by atoms with E-state index in [2.05, 4.69) is 18.1 Å². The molecule has 0 aliphatic heterocycles. The molecular formula is C14H23FN2S.